The molecule has 0 spiro atoms. The summed E-state index contributed by atoms with van der Waals surface area (Å²) >= 11 is 0. The molecule has 0 atom stereocenters. The molecule has 2 aromatic rings. The summed E-state index contributed by atoms with van der Waals surface area (Å²) < 4.78 is 1.87. The van der Waals surface area contributed by atoms with Crippen LogP contribution in [0.15, 0.2) is 42.7 Å². The van der Waals surface area contributed by atoms with E-state index in [1.807, 2.05) is 48.1 Å². The maximum absolute atomic E-state index is 11.8. The smallest absolute Gasteiger partial charge is 0.224 e. The Bertz CT molecular complexity index is 520. The zero-order chi connectivity index (χ0) is 13.5. The molecule has 0 saturated heterocycles. The number of aryl methyl sites for hydroxylation is 2. The Hall–Kier alpha value is -2.10. The molecule has 19 heavy (non-hydrogen) atoms. The van der Waals surface area contributed by atoms with Gasteiger partial charge in [-0.3, -0.25) is 9.48 Å². The van der Waals surface area contributed by atoms with Gasteiger partial charge in [-0.05, 0) is 30.5 Å². The first kappa shape index (κ1) is 13.3. The number of rotatable bonds is 6. The fourth-order valence-corrected chi connectivity index (χ4v) is 1.95. The third-order valence-corrected chi connectivity index (χ3v) is 3.06. The minimum Gasteiger partial charge on any atom is -0.356 e. The molecule has 0 aliphatic rings. The number of hydrogen-bond donors (Lipinski definition) is 1. The van der Waals surface area contributed by atoms with E-state index in [1.54, 1.807) is 6.20 Å². The lowest BCUT2D eigenvalue weighted by molar-refractivity contribution is -0.120. The average Bonchev–Trinajstić information content (AvgIpc) is 2.91. The van der Waals surface area contributed by atoms with Crippen molar-refractivity contribution in [3.05, 3.63) is 53.9 Å². The number of aromatic nitrogens is 2. The highest BCUT2D eigenvalue weighted by molar-refractivity contribution is 5.78. The quantitative estimate of drug-likeness (QED) is 0.804. The lowest BCUT2D eigenvalue weighted by atomic mass is 10.1. The molecule has 100 valence electrons. The van der Waals surface area contributed by atoms with E-state index >= 15 is 0 Å². The van der Waals surface area contributed by atoms with E-state index in [2.05, 4.69) is 10.4 Å². The maximum Gasteiger partial charge on any atom is 0.224 e. The topological polar surface area (TPSA) is 46.9 Å². The number of benzene rings is 1. The van der Waals surface area contributed by atoms with Crippen LogP contribution in [-0.4, -0.2) is 22.2 Å². The van der Waals surface area contributed by atoms with Gasteiger partial charge in [-0.2, -0.15) is 5.10 Å². The van der Waals surface area contributed by atoms with Crippen molar-refractivity contribution in [1.82, 2.24) is 15.1 Å². The molecule has 1 amide bonds. The van der Waals surface area contributed by atoms with Gasteiger partial charge in [-0.25, -0.2) is 0 Å². The highest BCUT2D eigenvalue weighted by Crippen LogP contribution is 2.07. The van der Waals surface area contributed by atoms with Crippen LogP contribution < -0.4 is 5.32 Å². The highest BCUT2D eigenvalue weighted by atomic mass is 16.1. The van der Waals surface area contributed by atoms with Gasteiger partial charge in [0.15, 0.2) is 0 Å². The Morgan fingerprint density at radius 2 is 2.16 bits per heavy atom. The van der Waals surface area contributed by atoms with Crippen LogP contribution in [0.1, 0.15) is 17.5 Å². The Labute approximate surface area is 113 Å². The van der Waals surface area contributed by atoms with Crippen molar-refractivity contribution in [3.63, 3.8) is 0 Å². The van der Waals surface area contributed by atoms with Gasteiger partial charge in [-0.15, -0.1) is 0 Å². The fourth-order valence-electron chi connectivity index (χ4n) is 1.95. The number of nitrogens with one attached hydrogen (secondary N) is 1. The molecule has 0 bridgehead atoms. The van der Waals surface area contributed by atoms with E-state index in [9.17, 15) is 4.79 Å². The number of carbonyl (C=O) groups is 1. The van der Waals surface area contributed by atoms with Gasteiger partial charge in [0.2, 0.25) is 5.91 Å². The number of carbonyl (C=O) groups excluding carboxylic acids is 1. The van der Waals surface area contributed by atoms with Crippen LogP contribution in [0, 0.1) is 6.92 Å². The van der Waals surface area contributed by atoms with Gasteiger partial charge in [-0.1, -0.05) is 24.3 Å². The molecule has 1 N–H and O–H groups in total. The van der Waals surface area contributed by atoms with E-state index in [1.165, 1.54) is 0 Å². The van der Waals surface area contributed by atoms with E-state index in [4.69, 9.17) is 0 Å². The standard InChI is InChI=1S/C15H19N3O/c1-13-6-2-3-7-14(13)12-15(19)16-8-4-10-18-11-5-9-17-18/h2-3,5-7,9,11H,4,8,10,12H2,1H3,(H,16,19). The Morgan fingerprint density at radius 3 is 2.89 bits per heavy atom. The van der Waals surface area contributed by atoms with Crippen molar-refractivity contribution < 1.29 is 4.79 Å². The zero-order valence-electron chi connectivity index (χ0n) is 11.2. The van der Waals surface area contributed by atoms with Gasteiger partial charge >= 0.3 is 0 Å². The van der Waals surface area contributed by atoms with Gasteiger partial charge in [0, 0.05) is 25.5 Å². The van der Waals surface area contributed by atoms with Crippen LogP contribution in [0.4, 0.5) is 0 Å². The molecule has 0 unspecified atom stereocenters. The van der Waals surface area contributed by atoms with Crippen LogP contribution in [0.5, 0.6) is 0 Å². The van der Waals surface area contributed by atoms with E-state index in [0.717, 1.165) is 24.1 Å². The van der Waals surface area contributed by atoms with E-state index in [0.29, 0.717) is 13.0 Å². The van der Waals surface area contributed by atoms with Gasteiger partial charge in [0.1, 0.15) is 0 Å². The van der Waals surface area contributed by atoms with Gasteiger partial charge in [0.05, 0.1) is 6.42 Å². The summed E-state index contributed by atoms with van der Waals surface area (Å²) in [7, 11) is 0. The zero-order valence-corrected chi connectivity index (χ0v) is 11.2. The number of nitrogens with zero attached hydrogens (tertiary/aromatic N) is 2. The van der Waals surface area contributed by atoms with Crippen LogP contribution in [0.2, 0.25) is 0 Å². The summed E-state index contributed by atoms with van der Waals surface area (Å²) in [6.07, 6.45) is 5.03. The summed E-state index contributed by atoms with van der Waals surface area (Å²) in [4.78, 5) is 11.8. The van der Waals surface area contributed by atoms with E-state index in [-0.39, 0.29) is 5.91 Å². The summed E-state index contributed by atoms with van der Waals surface area (Å²) in [5, 5.41) is 7.06. The van der Waals surface area contributed by atoms with Crippen molar-refractivity contribution >= 4 is 5.91 Å². The van der Waals surface area contributed by atoms with Crippen LogP contribution in [0.3, 0.4) is 0 Å². The van der Waals surface area contributed by atoms with Gasteiger partial charge in [0.25, 0.3) is 0 Å². The van der Waals surface area contributed by atoms with Crippen molar-refractivity contribution in [3.8, 4) is 0 Å². The SMILES string of the molecule is Cc1ccccc1CC(=O)NCCCn1cccn1. The van der Waals surface area contributed by atoms with Crippen LogP contribution >= 0.6 is 0 Å². The first-order valence-corrected chi connectivity index (χ1v) is 6.54. The highest BCUT2D eigenvalue weighted by Gasteiger charge is 2.04. The van der Waals surface area contributed by atoms with Crippen molar-refractivity contribution in [2.75, 3.05) is 6.54 Å². The summed E-state index contributed by atoms with van der Waals surface area (Å²) in [6.45, 7) is 3.54. The van der Waals surface area contributed by atoms with Crippen LogP contribution in [-0.2, 0) is 17.8 Å². The second kappa shape index (κ2) is 6.73. The molecular formula is C15H19N3O. The average molecular weight is 257 g/mol. The first-order valence-electron chi connectivity index (χ1n) is 6.54. The third kappa shape index (κ3) is 4.25. The second-order valence-corrected chi connectivity index (χ2v) is 4.58. The van der Waals surface area contributed by atoms with Gasteiger partial charge < -0.3 is 5.32 Å². The largest absolute Gasteiger partial charge is 0.356 e. The Balaban J connectivity index is 1.69. The third-order valence-electron chi connectivity index (χ3n) is 3.06. The number of amides is 1. The maximum atomic E-state index is 11.8. The Morgan fingerprint density at radius 1 is 1.32 bits per heavy atom. The van der Waals surface area contributed by atoms with E-state index < -0.39 is 0 Å². The minimum absolute atomic E-state index is 0.0785. The molecule has 1 aromatic carbocycles. The summed E-state index contributed by atoms with van der Waals surface area (Å²) in [6, 6.07) is 9.88. The lowest BCUT2D eigenvalue weighted by Gasteiger charge is -2.07. The first-order chi connectivity index (χ1) is 9.25. The molecule has 0 radical (unpaired) electrons. The second-order valence-electron chi connectivity index (χ2n) is 4.58. The molecule has 0 aliphatic heterocycles. The molecule has 2 rings (SSSR count). The molecule has 0 fully saturated rings. The molecule has 1 heterocycles. The van der Waals surface area contributed by atoms with Crippen molar-refractivity contribution in [2.45, 2.75) is 26.3 Å². The Kier molecular flexibility index (Phi) is 4.72. The fraction of sp³-hybridized carbons (Fsp3) is 0.333. The monoisotopic (exact) mass is 257 g/mol. The molecular weight excluding hydrogens is 238 g/mol. The lowest BCUT2D eigenvalue weighted by Crippen LogP contribution is -2.27. The molecule has 4 nitrogen and oxygen atoms in total. The predicted octanol–water partition coefficient (Wildman–Crippen LogP) is 1.94. The summed E-state index contributed by atoms with van der Waals surface area (Å²) in [5.74, 6) is 0.0785. The molecule has 1 aromatic heterocycles. The van der Waals surface area contributed by atoms with Crippen molar-refractivity contribution in [1.29, 1.82) is 0 Å². The number of hydrogen-bond acceptors (Lipinski definition) is 2. The molecule has 0 saturated carbocycles. The summed E-state index contributed by atoms with van der Waals surface area (Å²) in [5.41, 5.74) is 2.25. The van der Waals surface area contributed by atoms with Crippen molar-refractivity contribution in [2.24, 2.45) is 0 Å². The predicted molar refractivity (Wildman–Crippen MR) is 74.7 cm³/mol. The van der Waals surface area contributed by atoms with Crippen LogP contribution in [0.25, 0.3) is 0 Å². The normalized spacial score (nSPS) is 10.4. The molecule has 0 aliphatic carbocycles. The minimum atomic E-state index is 0.0785. The molecule has 4 heteroatoms.